The van der Waals surface area contributed by atoms with Gasteiger partial charge in [0.25, 0.3) is 15.9 Å². The van der Waals surface area contributed by atoms with Crippen LogP contribution in [0.5, 0.6) is 11.5 Å². The van der Waals surface area contributed by atoms with Crippen LogP contribution in [-0.4, -0.2) is 27.5 Å². The Morgan fingerprint density at radius 2 is 1.69 bits per heavy atom. The maximum absolute atomic E-state index is 12.6. The molecule has 0 spiro atoms. The molecule has 2 heterocycles. The summed E-state index contributed by atoms with van der Waals surface area (Å²) in [7, 11) is -4.03. The highest BCUT2D eigenvalue weighted by Gasteiger charge is 2.23. The van der Waals surface area contributed by atoms with Gasteiger partial charge in [-0.1, -0.05) is 6.07 Å². The van der Waals surface area contributed by atoms with E-state index in [1.165, 1.54) is 18.2 Å². The van der Waals surface area contributed by atoms with Crippen molar-refractivity contribution in [2.45, 2.75) is 24.5 Å². The molecule has 1 amide bonds. The number of nitrogens with one attached hydrogen (secondary N) is 1. The van der Waals surface area contributed by atoms with Gasteiger partial charge in [-0.05, 0) is 35.4 Å². The molecule has 2 aromatic carbocycles. The first-order valence-corrected chi connectivity index (χ1v) is 9.67. The van der Waals surface area contributed by atoms with E-state index >= 15 is 0 Å². The monoisotopic (exact) mass is 375 g/mol. The summed E-state index contributed by atoms with van der Waals surface area (Å²) in [4.78, 5) is 12.3. The zero-order valence-corrected chi connectivity index (χ0v) is 14.7. The molecule has 0 unspecified atom stereocenters. The van der Waals surface area contributed by atoms with Crippen LogP contribution in [0, 0.1) is 0 Å². The van der Waals surface area contributed by atoms with Gasteiger partial charge in [0.2, 0.25) is 0 Å². The van der Waals surface area contributed by atoms with Crippen molar-refractivity contribution < 1.29 is 27.4 Å². The number of rotatable bonds is 3. The molecule has 0 saturated heterocycles. The van der Waals surface area contributed by atoms with Crippen LogP contribution in [0.4, 0.5) is 0 Å². The van der Waals surface area contributed by atoms with Gasteiger partial charge >= 0.3 is 0 Å². The van der Waals surface area contributed by atoms with Crippen LogP contribution in [0.15, 0.2) is 41.3 Å². The topological polar surface area (TPSA) is 90.9 Å². The molecule has 4 rings (SSSR count). The van der Waals surface area contributed by atoms with E-state index in [4.69, 9.17) is 14.2 Å². The number of hydrogen-bond donors (Lipinski definition) is 1. The fourth-order valence-corrected chi connectivity index (χ4v) is 3.85. The van der Waals surface area contributed by atoms with Crippen LogP contribution in [-0.2, 0) is 28.0 Å². The number of amides is 1. The standard InChI is InChI=1S/C18H17NO6S/c20-18(12-2-3-13-10-23-11-14(13)8-12)19-26(21,22)15-4-5-16-17(9-15)25-7-1-6-24-16/h2-5,8-9H,1,6-7,10-11H2,(H,19,20). The van der Waals surface area contributed by atoms with Gasteiger partial charge in [-0.2, -0.15) is 0 Å². The third-order valence-corrected chi connectivity index (χ3v) is 5.57. The van der Waals surface area contributed by atoms with Crippen LogP contribution in [0.25, 0.3) is 0 Å². The molecule has 0 atom stereocenters. The summed E-state index contributed by atoms with van der Waals surface area (Å²) in [6, 6.07) is 9.31. The fraction of sp³-hybridized carbons (Fsp3) is 0.278. The van der Waals surface area contributed by atoms with Crippen LogP contribution in [0.2, 0.25) is 0 Å². The Bertz CT molecular complexity index is 970. The normalized spacial score (nSPS) is 15.8. The minimum absolute atomic E-state index is 0.0559. The Labute approximate surface area is 150 Å². The maximum atomic E-state index is 12.6. The van der Waals surface area contributed by atoms with Crippen LogP contribution < -0.4 is 14.2 Å². The third kappa shape index (κ3) is 3.25. The van der Waals surface area contributed by atoms with E-state index in [2.05, 4.69) is 4.72 Å². The molecular formula is C18H17NO6S. The summed E-state index contributed by atoms with van der Waals surface area (Å²) in [5.41, 5.74) is 2.17. The lowest BCUT2D eigenvalue weighted by Gasteiger charge is -2.11. The van der Waals surface area contributed by atoms with E-state index in [1.807, 2.05) is 0 Å². The molecule has 0 fully saturated rings. The maximum Gasteiger partial charge on any atom is 0.265 e. The van der Waals surface area contributed by atoms with Crippen molar-refractivity contribution >= 4 is 15.9 Å². The predicted octanol–water partition coefficient (Wildman–Crippen LogP) is 2.00. The Morgan fingerprint density at radius 3 is 2.54 bits per heavy atom. The van der Waals surface area contributed by atoms with Crippen molar-refractivity contribution in [2.24, 2.45) is 0 Å². The van der Waals surface area contributed by atoms with Gasteiger partial charge in [-0.25, -0.2) is 13.1 Å². The number of hydrogen-bond acceptors (Lipinski definition) is 6. The second-order valence-electron chi connectivity index (χ2n) is 6.07. The van der Waals surface area contributed by atoms with Crippen molar-refractivity contribution in [1.82, 2.24) is 4.72 Å². The van der Waals surface area contributed by atoms with Crippen LogP contribution in [0.3, 0.4) is 0 Å². The summed E-state index contributed by atoms with van der Waals surface area (Å²) in [5, 5.41) is 0. The van der Waals surface area contributed by atoms with Crippen molar-refractivity contribution in [3.8, 4) is 11.5 Å². The lowest BCUT2D eigenvalue weighted by atomic mass is 10.1. The first-order chi connectivity index (χ1) is 12.5. The van der Waals surface area contributed by atoms with Crippen molar-refractivity contribution in [2.75, 3.05) is 13.2 Å². The van der Waals surface area contributed by atoms with Gasteiger partial charge in [0, 0.05) is 18.1 Å². The molecule has 0 bridgehead atoms. The van der Waals surface area contributed by atoms with Gasteiger partial charge in [-0.15, -0.1) is 0 Å². The molecule has 1 N–H and O–H groups in total. The largest absolute Gasteiger partial charge is 0.490 e. The van der Waals surface area contributed by atoms with E-state index in [-0.39, 0.29) is 10.5 Å². The predicted molar refractivity (Wildman–Crippen MR) is 91.6 cm³/mol. The molecule has 136 valence electrons. The number of benzene rings is 2. The van der Waals surface area contributed by atoms with Gasteiger partial charge in [-0.3, -0.25) is 4.79 Å². The van der Waals surface area contributed by atoms with E-state index < -0.39 is 15.9 Å². The summed E-state index contributed by atoms with van der Waals surface area (Å²) < 4.78 is 43.5. The molecule has 2 aliphatic heterocycles. The highest BCUT2D eigenvalue weighted by Crippen LogP contribution is 2.32. The summed E-state index contributed by atoms with van der Waals surface area (Å²) >= 11 is 0. The first-order valence-electron chi connectivity index (χ1n) is 8.19. The van der Waals surface area contributed by atoms with Gasteiger partial charge < -0.3 is 14.2 Å². The lowest BCUT2D eigenvalue weighted by molar-refractivity contribution is 0.0981. The molecule has 26 heavy (non-hydrogen) atoms. The molecule has 0 aliphatic carbocycles. The van der Waals surface area contributed by atoms with E-state index in [9.17, 15) is 13.2 Å². The van der Waals surface area contributed by atoms with Crippen molar-refractivity contribution in [3.63, 3.8) is 0 Å². The zero-order valence-electron chi connectivity index (χ0n) is 13.9. The summed E-state index contributed by atoms with van der Waals surface area (Å²) in [5.74, 6) is 0.158. The Kier molecular flexibility index (Phi) is 4.29. The smallest absolute Gasteiger partial charge is 0.265 e. The molecule has 0 radical (unpaired) electrons. The SMILES string of the molecule is O=C(NS(=O)(=O)c1ccc2c(c1)OCCCO2)c1ccc2c(c1)COC2. The summed E-state index contributed by atoms with van der Waals surface area (Å²) in [6.45, 7) is 1.88. The third-order valence-electron chi connectivity index (χ3n) is 4.24. The Balaban J connectivity index is 1.57. The number of carbonyl (C=O) groups excluding carboxylic acids is 1. The molecule has 8 heteroatoms. The van der Waals surface area contributed by atoms with Crippen LogP contribution >= 0.6 is 0 Å². The second-order valence-corrected chi connectivity index (χ2v) is 7.75. The highest BCUT2D eigenvalue weighted by atomic mass is 32.2. The van der Waals surface area contributed by atoms with E-state index in [1.54, 1.807) is 18.2 Å². The van der Waals surface area contributed by atoms with Crippen molar-refractivity contribution in [3.05, 3.63) is 53.1 Å². The number of sulfonamides is 1. The average molecular weight is 375 g/mol. The molecule has 2 aliphatic rings. The molecule has 2 aromatic rings. The minimum Gasteiger partial charge on any atom is -0.490 e. The quantitative estimate of drug-likeness (QED) is 0.882. The Morgan fingerprint density at radius 1 is 0.923 bits per heavy atom. The molecule has 0 saturated carbocycles. The van der Waals surface area contributed by atoms with Crippen LogP contribution in [0.1, 0.15) is 27.9 Å². The van der Waals surface area contributed by atoms with E-state index in [0.717, 1.165) is 17.5 Å². The second kappa shape index (κ2) is 6.62. The van der Waals surface area contributed by atoms with Gasteiger partial charge in [0.05, 0.1) is 31.3 Å². The summed E-state index contributed by atoms with van der Waals surface area (Å²) in [6.07, 6.45) is 0.718. The number of fused-ring (bicyclic) bond motifs is 2. The fourth-order valence-electron chi connectivity index (χ4n) is 2.86. The average Bonchev–Trinajstić information content (AvgIpc) is 2.96. The zero-order chi connectivity index (χ0) is 18.1. The molecule has 7 nitrogen and oxygen atoms in total. The Hall–Kier alpha value is -2.58. The minimum atomic E-state index is -4.03. The lowest BCUT2D eigenvalue weighted by Crippen LogP contribution is -2.30. The molecular weight excluding hydrogens is 358 g/mol. The van der Waals surface area contributed by atoms with E-state index in [0.29, 0.717) is 37.9 Å². The van der Waals surface area contributed by atoms with Gasteiger partial charge in [0.1, 0.15) is 0 Å². The first kappa shape index (κ1) is 16.9. The van der Waals surface area contributed by atoms with Gasteiger partial charge in [0.15, 0.2) is 11.5 Å². The van der Waals surface area contributed by atoms with Crippen molar-refractivity contribution in [1.29, 1.82) is 0 Å². The molecule has 0 aromatic heterocycles. The highest BCUT2D eigenvalue weighted by molar-refractivity contribution is 7.90. The number of carbonyl (C=O) groups is 1. The number of ether oxygens (including phenoxy) is 3.